The van der Waals surface area contributed by atoms with Crippen molar-refractivity contribution < 1.29 is 14.9 Å². The van der Waals surface area contributed by atoms with Gasteiger partial charge in [-0.25, -0.2) is 0 Å². The van der Waals surface area contributed by atoms with Gasteiger partial charge in [-0.2, -0.15) is 0 Å². The summed E-state index contributed by atoms with van der Waals surface area (Å²) < 4.78 is 6.12. The van der Waals surface area contributed by atoms with E-state index >= 15 is 0 Å². The third-order valence-electron chi connectivity index (χ3n) is 4.27. The van der Waals surface area contributed by atoms with Gasteiger partial charge in [-0.15, -0.1) is 0 Å². The third-order valence-corrected chi connectivity index (χ3v) is 4.61. The van der Waals surface area contributed by atoms with E-state index in [0.29, 0.717) is 18.1 Å². The molecule has 0 radical (unpaired) electrons. The molecule has 0 bridgehead atoms. The lowest BCUT2D eigenvalue weighted by molar-refractivity contribution is 0.0947. The van der Waals surface area contributed by atoms with Crippen molar-refractivity contribution in [2.75, 3.05) is 6.61 Å². The standard InChI is InChI=1S/C19H21ClO3/c20-18-9-14-7-4-8-16(14)19(17(18)10-15(22)11-21)23-12-13-5-2-1-3-6-13/h1-3,5-6,9,15,21-22H,4,7-8,10-12H2. The molecular formula is C19H21ClO3. The lowest BCUT2D eigenvalue weighted by atomic mass is 10.00. The Morgan fingerprint density at radius 2 is 1.96 bits per heavy atom. The van der Waals surface area contributed by atoms with Crippen LogP contribution in [0, 0.1) is 0 Å². The van der Waals surface area contributed by atoms with Gasteiger partial charge in [0.1, 0.15) is 12.4 Å². The molecule has 0 fully saturated rings. The molecule has 3 nitrogen and oxygen atoms in total. The number of aliphatic hydroxyl groups excluding tert-OH is 2. The Balaban J connectivity index is 1.92. The van der Waals surface area contributed by atoms with Crippen molar-refractivity contribution in [2.24, 2.45) is 0 Å². The van der Waals surface area contributed by atoms with Crippen molar-refractivity contribution in [1.29, 1.82) is 0 Å². The molecule has 0 aromatic heterocycles. The molecule has 1 unspecified atom stereocenters. The second-order valence-corrected chi connectivity index (χ2v) is 6.38. The van der Waals surface area contributed by atoms with Crippen molar-refractivity contribution in [2.45, 2.75) is 38.4 Å². The zero-order valence-corrected chi connectivity index (χ0v) is 13.7. The molecular weight excluding hydrogens is 312 g/mol. The van der Waals surface area contributed by atoms with E-state index in [9.17, 15) is 5.11 Å². The molecule has 2 N–H and O–H groups in total. The summed E-state index contributed by atoms with van der Waals surface area (Å²) >= 11 is 6.42. The maximum atomic E-state index is 9.83. The topological polar surface area (TPSA) is 49.7 Å². The molecule has 0 saturated carbocycles. The van der Waals surface area contributed by atoms with Crippen LogP contribution in [-0.4, -0.2) is 22.9 Å². The van der Waals surface area contributed by atoms with Gasteiger partial charge < -0.3 is 14.9 Å². The zero-order chi connectivity index (χ0) is 16.2. The fourth-order valence-electron chi connectivity index (χ4n) is 3.11. The largest absolute Gasteiger partial charge is 0.488 e. The number of ether oxygens (including phenoxy) is 1. The Bertz CT molecular complexity index is 670. The zero-order valence-electron chi connectivity index (χ0n) is 13.0. The van der Waals surface area contributed by atoms with Crippen LogP contribution in [0.4, 0.5) is 0 Å². The van der Waals surface area contributed by atoms with Crippen molar-refractivity contribution >= 4 is 11.6 Å². The van der Waals surface area contributed by atoms with Gasteiger partial charge in [0.2, 0.25) is 0 Å². The highest BCUT2D eigenvalue weighted by Crippen LogP contribution is 2.39. The summed E-state index contributed by atoms with van der Waals surface area (Å²) in [5, 5.41) is 19.6. The molecule has 0 spiro atoms. The Kier molecular flexibility index (Phi) is 5.21. The van der Waals surface area contributed by atoms with Crippen LogP contribution in [0.1, 0.15) is 28.7 Å². The van der Waals surface area contributed by atoms with E-state index in [1.165, 1.54) is 11.1 Å². The summed E-state index contributed by atoms with van der Waals surface area (Å²) in [5.41, 5.74) is 4.32. The maximum Gasteiger partial charge on any atom is 0.128 e. The second kappa shape index (κ2) is 7.35. The summed E-state index contributed by atoms with van der Waals surface area (Å²) in [6, 6.07) is 12.0. The highest BCUT2D eigenvalue weighted by atomic mass is 35.5. The molecule has 0 amide bonds. The van der Waals surface area contributed by atoms with E-state index < -0.39 is 6.10 Å². The lowest BCUT2D eigenvalue weighted by Crippen LogP contribution is -2.17. The first-order chi connectivity index (χ1) is 11.2. The molecule has 0 heterocycles. The maximum absolute atomic E-state index is 9.83. The number of benzene rings is 2. The molecule has 122 valence electrons. The van der Waals surface area contributed by atoms with Crippen molar-refractivity contribution in [3.63, 3.8) is 0 Å². The van der Waals surface area contributed by atoms with Crippen LogP contribution in [0.15, 0.2) is 36.4 Å². The predicted molar refractivity (Wildman–Crippen MR) is 91.0 cm³/mol. The highest BCUT2D eigenvalue weighted by molar-refractivity contribution is 6.31. The van der Waals surface area contributed by atoms with Crippen LogP contribution in [0.25, 0.3) is 0 Å². The first-order valence-corrected chi connectivity index (χ1v) is 8.35. The van der Waals surface area contributed by atoms with E-state index in [-0.39, 0.29) is 6.61 Å². The van der Waals surface area contributed by atoms with Crippen molar-refractivity contribution in [1.82, 2.24) is 0 Å². The number of hydrogen-bond acceptors (Lipinski definition) is 3. The Morgan fingerprint density at radius 3 is 2.70 bits per heavy atom. The van der Waals surface area contributed by atoms with Crippen molar-refractivity contribution in [3.8, 4) is 5.75 Å². The number of hydrogen-bond donors (Lipinski definition) is 2. The second-order valence-electron chi connectivity index (χ2n) is 5.97. The Labute approximate surface area is 141 Å². The first kappa shape index (κ1) is 16.3. The third kappa shape index (κ3) is 3.69. The summed E-state index contributed by atoms with van der Waals surface area (Å²) in [4.78, 5) is 0. The minimum atomic E-state index is -0.828. The average molecular weight is 333 g/mol. The summed E-state index contributed by atoms with van der Waals surface area (Å²) in [6.07, 6.45) is 2.55. The van der Waals surface area contributed by atoms with Crippen LogP contribution in [0.2, 0.25) is 5.02 Å². The molecule has 0 aliphatic heterocycles. The summed E-state index contributed by atoms with van der Waals surface area (Å²) in [6.45, 7) is 0.182. The van der Waals surface area contributed by atoms with E-state index in [2.05, 4.69) is 0 Å². The molecule has 4 heteroatoms. The average Bonchev–Trinajstić information content (AvgIpc) is 3.03. The number of rotatable bonds is 6. The summed E-state index contributed by atoms with van der Waals surface area (Å²) in [5.74, 6) is 0.793. The molecule has 1 aliphatic rings. The first-order valence-electron chi connectivity index (χ1n) is 7.97. The summed E-state index contributed by atoms with van der Waals surface area (Å²) in [7, 11) is 0. The minimum Gasteiger partial charge on any atom is -0.488 e. The van der Waals surface area contributed by atoms with Gasteiger partial charge in [0, 0.05) is 17.0 Å². The molecule has 1 atom stereocenters. The molecule has 2 aromatic carbocycles. The van der Waals surface area contributed by atoms with Gasteiger partial charge in [0.05, 0.1) is 12.7 Å². The van der Waals surface area contributed by atoms with Gasteiger partial charge in [0.15, 0.2) is 0 Å². The van der Waals surface area contributed by atoms with Crippen LogP contribution < -0.4 is 4.74 Å². The predicted octanol–water partition coefficient (Wildman–Crippen LogP) is 3.30. The number of fused-ring (bicyclic) bond motifs is 1. The quantitative estimate of drug-likeness (QED) is 0.853. The SMILES string of the molecule is OCC(O)Cc1c(Cl)cc2c(c1OCc1ccccc1)CCC2. The van der Waals surface area contributed by atoms with E-state index in [4.69, 9.17) is 21.4 Å². The van der Waals surface area contributed by atoms with Gasteiger partial charge in [-0.1, -0.05) is 41.9 Å². The highest BCUT2D eigenvalue weighted by Gasteiger charge is 2.23. The van der Waals surface area contributed by atoms with Gasteiger partial charge in [0.25, 0.3) is 0 Å². The molecule has 23 heavy (non-hydrogen) atoms. The smallest absolute Gasteiger partial charge is 0.128 e. The van der Waals surface area contributed by atoms with Gasteiger partial charge in [-0.3, -0.25) is 0 Å². The van der Waals surface area contributed by atoms with E-state index in [0.717, 1.165) is 36.1 Å². The Hall–Kier alpha value is -1.55. The van der Waals surface area contributed by atoms with Gasteiger partial charge in [-0.05, 0) is 42.0 Å². The van der Waals surface area contributed by atoms with Crippen molar-refractivity contribution in [3.05, 3.63) is 63.7 Å². The molecule has 2 aromatic rings. The van der Waals surface area contributed by atoms with E-state index in [1.54, 1.807) is 0 Å². The number of aryl methyl sites for hydroxylation is 1. The fraction of sp³-hybridized carbons (Fsp3) is 0.368. The van der Waals surface area contributed by atoms with Crippen LogP contribution >= 0.6 is 11.6 Å². The monoisotopic (exact) mass is 332 g/mol. The molecule has 0 saturated heterocycles. The normalized spacial score (nSPS) is 14.6. The van der Waals surface area contributed by atoms with Crippen LogP contribution in [0.3, 0.4) is 0 Å². The number of aliphatic hydroxyl groups is 2. The minimum absolute atomic E-state index is 0.286. The molecule has 3 rings (SSSR count). The number of halogens is 1. The van der Waals surface area contributed by atoms with Crippen LogP contribution in [-0.2, 0) is 25.9 Å². The van der Waals surface area contributed by atoms with Crippen LogP contribution in [0.5, 0.6) is 5.75 Å². The fourth-order valence-corrected chi connectivity index (χ4v) is 3.41. The Morgan fingerprint density at radius 1 is 1.17 bits per heavy atom. The van der Waals surface area contributed by atoms with Gasteiger partial charge >= 0.3 is 0 Å². The van der Waals surface area contributed by atoms with E-state index in [1.807, 2.05) is 36.4 Å². The lowest BCUT2D eigenvalue weighted by Gasteiger charge is -2.19. The molecule has 1 aliphatic carbocycles.